The molecule has 1 aromatic rings. The van der Waals surface area contributed by atoms with Crippen LogP contribution in [0.5, 0.6) is 0 Å². The lowest BCUT2D eigenvalue weighted by Gasteiger charge is -2.00. The summed E-state index contributed by atoms with van der Waals surface area (Å²) < 4.78 is 0. The fourth-order valence-electron chi connectivity index (χ4n) is 1.16. The number of rotatable bonds is 4. The third kappa shape index (κ3) is 3.13. The maximum Gasteiger partial charge on any atom is 0.336 e. The Balaban J connectivity index is 3.30. The van der Waals surface area contributed by atoms with Gasteiger partial charge in [-0.05, 0) is 17.7 Å². The molecule has 0 amide bonds. The van der Waals surface area contributed by atoms with Crippen LogP contribution in [0.4, 0.5) is 5.69 Å². The Hall–Kier alpha value is -2.70. The van der Waals surface area contributed by atoms with Crippen molar-refractivity contribution >= 4 is 23.7 Å². The second-order valence-corrected chi connectivity index (χ2v) is 3.01. The molecule has 7 nitrogen and oxygen atoms in total. The monoisotopic (exact) mass is 237 g/mol. The van der Waals surface area contributed by atoms with Gasteiger partial charge in [-0.25, -0.2) is 9.59 Å². The van der Waals surface area contributed by atoms with Gasteiger partial charge in [-0.15, -0.1) is 0 Å². The van der Waals surface area contributed by atoms with Crippen molar-refractivity contribution in [3.05, 3.63) is 45.5 Å². The molecule has 1 aromatic carbocycles. The number of benzene rings is 1. The summed E-state index contributed by atoms with van der Waals surface area (Å²) in [6, 6.07) is 3.10. The van der Waals surface area contributed by atoms with Crippen molar-refractivity contribution in [2.75, 3.05) is 0 Å². The highest BCUT2D eigenvalue weighted by Gasteiger charge is 2.13. The summed E-state index contributed by atoms with van der Waals surface area (Å²) in [6.45, 7) is 0. The van der Waals surface area contributed by atoms with E-state index in [1.807, 2.05) is 0 Å². The van der Waals surface area contributed by atoms with Crippen LogP contribution in [-0.4, -0.2) is 27.1 Å². The van der Waals surface area contributed by atoms with Crippen LogP contribution < -0.4 is 0 Å². The number of nitro groups is 1. The van der Waals surface area contributed by atoms with Crippen LogP contribution in [0.2, 0.25) is 0 Å². The van der Waals surface area contributed by atoms with Crippen LogP contribution in [0.25, 0.3) is 6.08 Å². The molecule has 0 aliphatic rings. The molecule has 2 N–H and O–H groups in total. The number of hydrogen-bond donors (Lipinski definition) is 2. The molecular formula is C10H7NO6. The highest BCUT2D eigenvalue weighted by Crippen LogP contribution is 2.19. The molecule has 0 unspecified atom stereocenters. The minimum Gasteiger partial charge on any atom is -0.478 e. The molecule has 0 radical (unpaired) electrons. The van der Waals surface area contributed by atoms with Crippen molar-refractivity contribution < 1.29 is 24.7 Å². The lowest BCUT2D eigenvalue weighted by Crippen LogP contribution is -2.01. The van der Waals surface area contributed by atoms with E-state index in [9.17, 15) is 19.7 Å². The standard InChI is InChI=1S/C10H7NO6/c12-9(13)4-1-6-5-7(11(16)17)2-3-8(6)10(14)15/h1-5H,(H,12,13)(H,14,15). The lowest BCUT2D eigenvalue weighted by molar-refractivity contribution is -0.384. The fourth-order valence-corrected chi connectivity index (χ4v) is 1.16. The van der Waals surface area contributed by atoms with Gasteiger partial charge in [0.1, 0.15) is 0 Å². The van der Waals surface area contributed by atoms with Gasteiger partial charge in [-0.3, -0.25) is 10.1 Å². The van der Waals surface area contributed by atoms with Crippen LogP contribution in [0.15, 0.2) is 24.3 Å². The van der Waals surface area contributed by atoms with Crippen molar-refractivity contribution in [3.63, 3.8) is 0 Å². The number of nitrogens with zero attached hydrogens (tertiary/aromatic N) is 1. The summed E-state index contributed by atoms with van der Waals surface area (Å²) in [4.78, 5) is 30.9. The summed E-state index contributed by atoms with van der Waals surface area (Å²) in [5, 5.41) is 27.7. The summed E-state index contributed by atoms with van der Waals surface area (Å²) >= 11 is 0. The topological polar surface area (TPSA) is 118 Å². The third-order valence-electron chi connectivity index (χ3n) is 1.88. The van der Waals surface area contributed by atoms with Crippen LogP contribution in [0.1, 0.15) is 15.9 Å². The van der Waals surface area contributed by atoms with Crippen molar-refractivity contribution in [1.82, 2.24) is 0 Å². The lowest BCUT2D eigenvalue weighted by atomic mass is 10.1. The summed E-state index contributed by atoms with van der Waals surface area (Å²) in [5.41, 5.74) is -0.540. The number of carbonyl (C=O) groups is 2. The second-order valence-electron chi connectivity index (χ2n) is 3.01. The Labute approximate surface area is 94.8 Å². The van der Waals surface area contributed by atoms with E-state index in [0.717, 1.165) is 24.3 Å². The molecule has 0 saturated heterocycles. The molecule has 88 valence electrons. The first kappa shape index (κ1) is 12.4. The molecule has 1 rings (SSSR count). The number of aliphatic carboxylic acids is 1. The second kappa shape index (κ2) is 4.88. The minimum absolute atomic E-state index is 0.0332. The predicted molar refractivity (Wildman–Crippen MR) is 56.7 cm³/mol. The van der Waals surface area contributed by atoms with Gasteiger partial charge in [0.2, 0.25) is 0 Å². The maximum absolute atomic E-state index is 10.8. The largest absolute Gasteiger partial charge is 0.478 e. The summed E-state index contributed by atoms with van der Waals surface area (Å²) in [6.07, 6.45) is 1.71. The molecule has 0 saturated carbocycles. The number of hydrogen-bond acceptors (Lipinski definition) is 4. The van der Waals surface area contributed by atoms with Crippen LogP contribution in [0.3, 0.4) is 0 Å². The number of carboxylic acids is 2. The molecule has 17 heavy (non-hydrogen) atoms. The van der Waals surface area contributed by atoms with Gasteiger partial charge in [0.05, 0.1) is 10.5 Å². The summed E-state index contributed by atoms with van der Waals surface area (Å²) in [5.74, 6) is -2.56. The first-order chi connectivity index (χ1) is 7.91. The normalized spacial score (nSPS) is 10.4. The van der Waals surface area contributed by atoms with E-state index in [-0.39, 0.29) is 16.8 Å². The van der Waals surface area contributed by atoms with Gasteiger partial charge in [0.25, 0.3) is 5.69 Å². The van der Waals surface area contributed by atoms with E-state index in [4.69, 9.17) is 10.2 Å². The zero-order chi connectivity index (χ0) is 13.0. The number of carboxylic acid groups (broad SMARTS) is 2. The van der Waals surface area contributed by atoms with Gasteiger partial charge >= 0.3 is 11.9 Å². The van der Waals surface area contributed by atoms with E-state index in [1.54, 1.807) is 0 Å². The van der Waals surface area contributed by atoms with E-state index in [2.05, 4.69) is 0 Å². The van der Waals surface area contributed by atoms with Crippen LogP contribution in [-0.2, 0) is 4.79 Å². The SMILES string of the molecule is O=C(O)C=Cc1cc([N+](=O)[O-])ccc1C(=O)O. The van der Waals surface area contributed by atoms with Gasteiger partial charge in [-0.1, -0.05) is 0 Å². The van der Waals surface area contributed by atoms with Gasteiger partial charge < -0.3 is 10.2 Å². The molecule has 0 aromatic heterocycles. The van der Waals surface area contributed by atoms with Gasteiger partial charge in [0, 0.05) is 18.2 Å². The highest BCUT2D eigenvalue weighted by atomic mass is 16.6. The zero-order valence-corrected chi connectivity index (χ0v) is 8.36. The molecule has 0 atom stereocenters. The Kier molecular flexibility index (Phi) is 3.55. The van der Waals surface area contributed by atoms with Crippen LogP contribution >= 0.6 is 0 Å². The molecule has 0 aliphatic carbocycles. The van der Waals surface area contributed by atoms with E-state index >= 15 is 0 Å². The molecule has 0 heterocycles. The first-order valence-corrected chi connectivity index (χ1v) is 4.34. The number of aromatic carboxylic acids is 1. The van der Waals surface area contributed by atoms with E-state index < -0.39 is 16.9 Å². The molecule has 0 fully saturated rings. The Bertz CT molecular complexity index is 520. The van der Waals surface area contributed by atoms with Gasteiger partial charge in [0.15, 0.2) is 0 Å². The van der Waals surface area contributed by atoms with Crippen molar-refractivity contribution in [3.8, 4) is 0 Å². The predicted octanol–water partition coefficient (Wildman–Crippen LogP) is 1.39. The Morgan fingerprint density at radius 3 is 2.41 bits per heavy atom. The molecule has 0 aliphatic heterocycles. The highest BCUT2D eigenvalue weighted by molar-refractivity contribution is 5.94. The van der Waals surface area contributed by atoms with Crippen molar-refractivity contribution in [1.29, 1.82) is 0 Å². The average molecular weight is 237 g/mol. The fraction of sp³-hybridized carbons (Fsp3) is 0. The van der Waals surface area contributed by atoms with E-state index in [0.29, 0.717) is 6.08 Å². The molecule has 0 spiro atoms. The summed E-state index contributed by atoms with van der Waals surface area (Å²) in [7, 11) is 0. The average Bonchev–Trinajstić information content (AvgIpc) is 2.25. The third-order valence-corrected chi connectivity index (χ3v) is 1.88. The molecule has 7 heteroatoms. The minimum atomic E-state index is -1.29. The van der Waals surface area contributed by atoms with Gasteiger partial charge in [-0.2, -0.15) is 0 Å². The maximum atomic E-state index is 10.8. The van der Waals surface area contributed by atoms with E-state index in [1.165, 1.54) is 0 Å². The zero-order valence-electron chi connectivity index (χ0n) is 8.36. The Morgan fingerprint density at radius 2 is 1.94 bits per heavy atom. The quantitative estimate of drug-likeness (QED) is 0.464. The first-order valence-electron chi connectivity index (χ1n) is 4.34. The molecular weight excluding hydrogens is 230 g/mol. The van der Waals surface area contributed by atoms with Crippen molar-refractivity contribution in [2.24, 2.45) is 0 Å². The Morgan fingerprint density at radius 1 is 1.29 bits per heavy atom. The van der Waals surface area contributed by atoms with Crippen LogP contribution in [0, 0.1) is 10.1 Å². The van der Waals surface area contributed by atoms with Crippen molar-refractivity contribution in [2.45, 2.75) is 0 Å². The number of non-ortho nitro benzene ring substituents is 1. The smallest absolute Gasteiger partial charge is 0.336 e. The molecule has 0 bridgehead atoms. The number of nitro benzene ring substituents is 1.